The normalized spacial score (nSPS) is 33.0. The van der Waals surface area contributed by atoms with Gasteiger partial charge in [0.15, 0.2) is 0 Å². The summed E-state index contributed by atoms with van der Waals surface area (Å²) >= 11 is 3.33. The minimum absolute atomic E-state index is 0.345. The van der Waals surface area contributed by atoms with Gasteiger partial charge in [0.2, 0.25) is 0 Å². The molecule has 1 heterocycles. The molecule has 3 heteroatoms. The second-order valence-electron chi connectivity index (χ2n) is 1.38. The van der Waals surface area contributed by atoms with Gasteiger partial charge in [-0.2, -0.15) is 0 Å². The third-order valence-corrected chi connectivity index (χ3v) is 1.37. The van der Waals surface area contributed by atoms with Gasteiger partial charge < -0.3 is 10.1 Å². The van der Waals surface area contributed by atoms with Crippen LogP contribution in [0.25, 0.3) is 0 Å². The Bertz CT molecular complexity index is 53.7. The maximum Gasteiger partial charge on any atom is 0.0974 e. The van der Waals surface area contributed by atoms with Crippen LogP contribution in [-0.4, -0.2) is 18.1 Å². The number of alkyl halides is 1. The van der Waals surface area contributed by atoms with Crippen LogP contribution in [0, 0.1) is 6.61 Å². The van der Waals surface area contributed by atoms with Crippen LogP contribution in [0.5, 0.6) is 0 Å². The van der Waals surface area contributed by atoms with Crippen LogP contribution in [0.3, 0.4) is 0 Å². The molecule has 1 unspecified atom stereocenters. The molecule has 0 aromatic carbocycles. The molecular formula is C4H7BrNO. The van der Waals surface area contributed by atoms with Crippen LogP contribution in [0.15, 0.2) is 0 Å². The summed E-state index contributed by atoms with van der Waals surface area (Å²) in [5, 5.41) is 3.12. The van der Waals surface area contributed by atoms with Crippen molar-refractivity contribution in [2.45, 2.75) is 4.95 Å². The summed E-state index contributed by atoms with van der Waals surface area (Å²) in [6.45, 7) is 3.34. The summed E-state index contributed by atoms with van der Waals surface area (Å²) in [6, 6.07) is 0. The highest BCUT2D eigenvalue weighted by Gasteiger charge is 2.06. The zero-order valence-electron chi connectivity index (χ0n) is 3.86. The first-order valence-electron chi connectivity index (χ1n) is 2.20. The Morgan fingerprint density at radius 3 is 3.00 bits per heavy atom. The lowest BCUT2D eigenvalue weighted by atomic mass is 10.5. The molecular weight excluding hydrogens is 158 g/mol. The fraction of sp³-hybridized carbons (Fsp3) is 0.750. The number of hydrogen-bond acceptors (Lipinski definition) is 2. The molecule has 0 saturated carbocycles. The van der Waals surface area contributed by atoms with Gasteiger partial charge in [-0.05, 0) is 0 Å². The summed E-state index contributed by atoms with van der Waals surface area (Å²) in [5.41, 5.74) is 0. The number of ether oxygens (including phenoxy) is 1. The van der Waals surface area contributed by atoms with Crippen molar-refractivity contribution in [2.24, 2.45) is 0 Å². The number of morpholine rings is 1. The quantitative estimate of drug-likeness (QED) is 0.416. The van der Waals surface area contributed by atoms with Crippen molar-refractivity contribution < 1.29 is 4.74 Å². The van der Waals surface area contributed by atoms with Gasteiger partial charge in [-0.3, -0.25) is 0 Å². The van der Waals surface area contributed by atoms with Gasteiger partial charge >= 0.3 is 0 Å². The van der Waals surface area contributed by atoms with E-state index in [1.54, 1.807) is 6.61 Å². The van der Waals surface area contributed by atoms with Crippen molar-refractivity contribution in [3.8, 4) is 0 Å². The average molecular weight is 165 g/mol. The number of halogens is 1. The molecule has 0 bridgehead atoms. The summed E-state index contributed by atoms with van der Waals surface area (Å²) in [6.07, 6.45) is 0. The largest absolute Gasteiger partial charge is 0.372 e. The van der Waals surface area contributed by atoms with Crippen LogP contribution in [0.4, 0.5) is 0 Å². The summed E-state index contributed by atoms with van der Waals surface area (Å²) in [5.74, 6) is 0. The van der Waals surface area contributed by atoms with Gasteiger partial charge in [-0.1, -0.05) is 15.9 Å². The van der Waals surface area contributed by atoms with Crippen molar-refractivity contribution in [2.75, 3.05) is 13.2 Å². The Morgan fingerprint density at radius 1 is 1.86 bits per heavy atom. The van der Waals surface area contributed by atoms with E-state index in [2.05, 4.69) is 21.2 Å². The second-order valence-corrected chi connectivity index (χ2v) is 2.48. The third kappa shape index (κ3) is 1.76. The maximum atomic E-state index is 4.95. The Morgan fingerprint density at radius 2 is 2.71 bits per heavy atom. The molecule has 0 amide bonds. The molecule has 1 N–H and O–H groups in total. The minimum Gasteiger partial charge on any atom is -0.372 e. The van der Waals surface area contributed by atoms with E-state index in [1.807, 2.05) is 0 Å². The first-order valence-corrected chi connectivity index (χ1v) is 3.12. The van der Waals surface area contributed by atoms with E-state index in [0.717, 1.165) is 13.2 Å². The lowest BCUT2D eigenvalue weighted by Crippen LogP contribution is -2.34. The van der Waals surface area contributed by atoms with Gasteiger partial charge in [0.1, 0.15) is 0 Å². The van der Waals surface area contributed by atoms with Gasteiger partial charge in [-0.15, -0.1) is 0 Å². The predicted octanol–water partition coefficient (Wildman–Crippen LogP) is 0.489. The SMILES string of the molecule is BrC1CO[CH]CN1. The lowest BCUT2D eigenvalue weighted by molar-refractivity contribution is 0.159. The van der Waals surface area contributed by atoms with E-state index >= 15 is 0 Å². The Labute approximate surface area is 51.4 Å². The fourth-order valence-electron chi connectivity index (χ4n) is 0.446. The maximum absolute atomic E-state index is 4.95. The Balaban J connectivity index is 2.12. The number of hydrogen-bond donors (Lipinski definition) is 1. The van der Waals surface area contributed by atoms with E-state index in [0.29, 0.717) is 4.95 Å². The Hall–Kier alpha value is 0.400. The van der Waals surface area contributed by atoms with Gasteiger partial charge in [-0.25, -0.2) is 0 Å². The van der Waals surface area contributed by atoms with E-state index in [-0.39, 0.29) is 0 Å². The monoisotopic (exact) mass is 164 g/mol. The van der Waals surface area contributed by atoms with Crippen LogP contribution in [0.2, 0.25) is 0 Å². The molecule has 1 fully saturated rings. The van der Waals surface area contributed by atoms with Crippen LogP contribution >= 0.6 is 15.9 Å². The molecule has 0 aromatic rings. The standard InChI is InChI=1S/C4H7BrNO/c5-4-3-7-2-1-6-4/h2,4,6H,1,3H2. The number of rotatable bonds is 0. The highest BCUT2D eigenvalue weighted by Crippen LogP contribution is 2.00. The van der Waals surface area contributed by atoms with Gasteiger partial charge in [0, 0.05) is 6.54 Å². The number of nitrogens with one attached hydrogen (secondary N) is 1. The Kier molecular flexibility index (Phi) is 2.09. The van der Waals surface area contributed by atoms with E-state index in [9.17, 15) is 0 Å². The van der Waals surface area contributed by atoms with Crippen molar-refractivity contribution in [1.82, 2.24) is 5.32 Å². The van der Waals surface area contributed by atoms with Crippen LogP contribution in [-0.2, 0) is 4.74 Å². The van der Waals surface area contributed by atoms with Crippen LogP contribution < -0.4 is 5.32 Å². The summed E-state index contributed by atoms with van der Waals surface area (Å²) < 4.78 is 4.95. The average Bonchev–Trinajstić information content (AvgIpc) is 1.69. The van der Waals surface area contributed by atoms with Crippen LogP contribution in [0.1, 0.15) is 0 Å². The van der Waals surface area contributed by atoms with Crippen molar-refractivity contribution in [3.63, 3.8) is 0 Å². The van der Waals surface area contributed by atoms with Gasteiger partial charge in [0.05, 0.1) is 18.2 Å². The zero-order chi connectivity index (χ0) is 5.11. The fourth-order valence-corrected chi connectivity index (χ4v) is 0.786. The van der Waals surface area contributed by atoms with Crippen molar-refractivity contribution >= 4 is 15.9 Å². The topological polar surface area (TPSA) is 21.3 Å². The minimum atomic E-state index is 0.345. The molecule has 1 aliphatic rings. The molecule has 1 rings (SSSR count). The van der Waals surface area contributed by atoms with E-state index < -0.39 is 0 Å². The lowest BCUT2D eigenvalue weighted by Gasteiger charge is -2.16. The summed E-state index contributed by atoms with van der Waals surface area (Å²) in [4.78, 5) is 0.345. The van der Waals surface area contributed by atoms with Crippen molar-refractivity contribution in [3.05, 3.63) is 6.61 Å². The first-order chi connectivity index (χ1) is 3.39. The molecule has 41 valence electrons. The molecule has 1 saturated heterocycles. The van der Waals surface area contributed by atoms with Gasteiger partial charge in [0.25, 0.3) is 0 Å². The molecule has 2 nitrogen and oxygen atoms in total. The van der Waals surface area contributed by atoms with E-state index in [1.165, 1.54) is 0 Å². The van der Waals surface area contributed by atoms with E-state index in [4.69, 9.17) is 4.74 Å². The predicted molar refractivity (Wildman–Crippen MR) is 31.0 cm³/mol. The first kappa shape index (κ1) is 5.54. The highest BCUT2D eigenvalue weighted by molar-refractivity contribution is 9.09. The molecule has 1 radical (unpaired) electrons. The zero-order valence-corrected chi connectivity index (χ0v) is 5.44. The third-order valence-electron chi connectivity index (χ3n) is 0.783. The molecule has 1 aliphatic heterocycles. The molecule has 7 heavy (non-hydrogen) atoms. The summed E-state index contributed by atoms with van der Waals surface area (Å²) in [7, 11) is 0. The molecule has 1 atom stereocenters. The molecule has 0 aromatic heterocycles. The van der Waals surface area contributed by atoms with Crippen molar-refractivity contribution in [1.29, 1.82) is 0 Å². The smallest absolute Gasteiger partial charge is 0.0974 e. The second kappa shape index (κ2) is 2.64. The highest BCUT2D eigenvalue weighted by atomic mass is 79.9. The molecule has 0 aliphatic carbocycles. The molecule has 0 spiro atoms.